The third kappa shape index (κ3) is 9.14. The lowest BCUT2D eigenvalue weighted by Gasteiger charge is -2.62. The molecular formula is C40H73N3O4. The molecular weight excluding hydrogens is 586 g/mol. The number of carbonyl (C=O) groups is 2. The van der Waals surface area contributed by atoms with Gasteiger partial charge in [0.1, 0.15) is 6.04 Å². The highest BCUT2D eigenvalue weighted by atomic mass is 16.5. The van der Waals surface area contributed by atoms with Crippen LogP contribution in [0.1, 0.15) is 150 Å². The first-order valence-electron chi connectivity index (χ1n) is 19.9. The van der Waals surface area contributed by atoms with Crippen molar-refractivity contribution in [2.45, 2.75) is 168 Å². The number of hydrogen-bond donors (Lipinski definition) is 4. The molecule has 0 aromatic carbocycles. The summed E-state index contributed by atoms with van der Waals surface area (Å²) in [5.41, 5.74) is 6.18. The van der Waals surface area contributed by atoms with Crippen molar-refractivity contribution in [1.82, 2.24) is 10.6 Å². The number of amides is 1. The molecule has 4 rings (SSSR count). The number of ether oxygens (including phenoxy) is 1. The predicted molar refractivity (Wildman–Crippen MR) is 192 cm³/mol. The number of methoxy groups -OCH3 is 1. The fourth-order valence-electron chi connectivity index (χ4n) is 11.4. The smallest absolute Gasteiger partial charge is 0.328 e. The molecule has 0 radical (unpaired) electrons. The Labute approximate surface area is 288 Å². The number of hydrogen-bond acceptors (Lipinski definition) is 6. The van der Waals surface area contributed by atoms with Gasteiger partial charge in [-0.1, -0.05) is 73.1 Å². The van der Waals surface area contributed by atoms with Crippen molar-refractivity contribution >= 4 is 11.9 Å². The van der Waals surface area contributed by atoms with E-state index in [-0.39, 0.29) is 29.3 Å². The molecule has 0 spiro atoms. The topological polar surface area (TPSA) is 114 Å². The SMILES string of the molecule is COC(=O)[C@@H](NC(=O)CC[C@@H](C)[C@H]1CC[C@H]2[C@@H]3[C@H](O)C[C@@H]4C[C@@H](NCCCCCCCCCCN)CC[C@]4(C)[C@H]3CC[C@]12C)C(C)C. The third-order valence-corrected chi connectivity index (χ3v) is 14.3. The largest absolute Gasteiger partial charge is 0.467 e. The van der Waals surface area contributed by atoms with E-state index in [2.05, 4.69) is 31.4 Å². The van der Waals surface area contributed by atoms with Gasteiger partial charge in [-0.2, -0.15) is 0 Å². The number of carbonyl (C=O) groups excluding carboxylic acids is 2. The van der Waals surface area contributed by atoms with E-state index in [0.717, 1.165) is 25.9 Å². The van der Waals surface area contributed by atoms with Gasteiger partial charge in [-0.3, -0.25) is 4.79 Å². The Bertz CT molecular complexity index is 991. The van der Waals surface area contributed by atoms with Gasteiger partial charge in [0.25, 0.3) is 0 Å². The zero-order chi connectivity index (χ0) is 34.2. The predicted octanol–water partition coefficient (Wildman–Crippen LogP) is 7.38. The van der Waals surface area contributed by atoms with Crippen LogP contribution >= 0.6 is 0 Å². The van der Waals surface area contributed by atoms with Crippen molar-refractivity contribution in [2.75, 3.05) is 20.2 Å². The van der Waals surface area contributed by atoms with E-state index in [1.54, 1.807) is 0 Å². The lowest BCUT2D eigenvalue weighted by molar-refractivity contribution is -0.167. The van der Waals surface area contributed by atoms with Gasteiger partial charge in [0.2, 0.25) is 5.91 Å². The number of aliphatic hydroxyl groups is 1. The second-order valence-corrected chi connectivity index (χ2v) is 17.4. The van der Waals surface area contributed by atoms with E-state index in [1.165, 1.54) is 103 Å². The summed E-state index contributed by atoms with van der Waals surface area (Å²) in [7, 11) is 1.38. The molecule has 4 aliphatic rings. The molecule has 0 aromatic rings. The van der Waals surface area contributed by atoms with Crippen molar-refractivity contribution in [3.05, 3.63) is 0 Å². The Morgan fingerprint density at radius 1 is 0.872 bits per heavy atom. The van der Waals surface area contributed by atoms with Crippen LogP contribution in [0, 0.1) is 52.3 Å². The minimum absolute atomic E-state index is 0.00928. The minimum atomic E-state index is -0.591. The van der Waals surface area contributed by atoms with Gasteiger partial charge >= 0.3 is 5.97 Å². The highest BCUT2D eigenvalue weighted by Crippen LogP contribution is 2.68. The first-order valence-corrected chi connectivity index (χ1v) is 19.9. The Balaban J connectivity index is 1.25. The summed E-state index contributed by atoms with van der Waals surface area (Å²) in [5, 5.41) is 18.7. The molecule has 0 aromatic heterocycles. The summed E-state index contributed by atoms with van der Waals surface area (Å²) in [6, 6.07) is 0.0198. The lowest BCUT2D eigenvalue weighted by Crippen LogP contribution is -2.59. The van der Waals surface area contributed by atoms with Gasteiger partial charge in [0.15, 0.2) is 0 Å². The van der Waals surface area contributed by atoms with E-state index in [9.17, 15) is 14.7 Å². The van der Waals surface area contributed by atoms with Crippen molar-refractivity contribution in [2.24, 2.45) is 58.0 Å². The molecule has 0 saturated heterocycles. The Kier molecular flexibility index (Phi) is 14.5. The number of fused-ring (bicyclic) bond motifs is 5. The van der Waals surface area contributed by atoms with Crippen LogP contribution in [0.15, 0.2) is 0 Å². The van der Waals surface area contributed by atoms with Crippen LogP contribution in [-0.4, -0.2) is 55.4 Å². The molecule has 11 atom stereocenters. The highest BCUT2D eigenvalue weighted by molar-refractivity contribution is 5.84. The van der Waals surface area contributed by atoms with Crippen LogP contribution in [0.2, 0.25) is 0 Å². The van der Waals surface area contributed by atoms with Crippen LogP contribution in [0.3, 0.4) is 0 Å². The Hall–Kier alpha value is -1.18. The van der Waals surface area contributed by atoms with Crippen molar-refractivity contribution in [1.29, 1.82) is 0 Å². The molecule has 0 unspecified atom stereocenters. The van der Waals surface area contributed by atoms with Crippen LogP contribution < -0.4 is 16.4 Å². The number of aliphatic hydroxyl groups excluding tert-OH is 1. The van der Waals surface area contributed by atoms with Gasteiger partial charge in [-0.25, -0.2) is 4.79 Å². The fourth-order valence-corrected chi connectivity index (χ4v) is 11.4. The maximum absolute atomic E-state index is 12.9. The van der Waals surface area contributed by atoms with E-state index in [4.69, 9.17) is 10.5 Å². The molecule has 0 bridgehead atoms. The maximum Gasteiger partial charge on any atom is 0.328 e. The molecule has 0 heterocycles. The van der Waals surface area contributed by atoms with Gasteiger partial charge in [-0.05, 0) is 136 Å². The molecule has 7 nitrogen and oxygen atoms in total. The van der Waals surface area contributed by atoms with E-state index < -0.39 is 6.04 Å². The van der Waals surface area contributed by atoms with E-state index >= 15 is 0 Å². The number of nitrogens with one attached hydrogen (secondary N) is 2. The normalized spacial score (nSPS) is 36.2. The zero-order valence-electron chi connectivity index (χ0n) is 31.2. The van der Waals surface area contributed by atoms with E-state index in [1.807, 2.05) is 13.8 Å². The first-order chi connectivity index (χ1) is 22.5. The van der Waals surface area contributed by atoms with Crippen molar-refractivity contribution < 1.29 is 19.4 Å². The lowest BCUT2D eigenvalue weighted by atomic mass is 9.43. The number of esters is 1. The summed E-state index contributed by atoms with van der Waals surface area (Å²) in [5.74, 6) is 2.83. The second-order valence-electron chi connectivity index (χ2n) is 17.4. The third-order valence-electron chi connectivity index (χ3n) is 14.3. The van der Waals surface area contributed by atoms with Gasteiger partial charge in [0.05, 0.1) is 13.2 Å². The molecule has 47 heavy (non-hydrogen) atoms. The first kappa shape index (κ1) is 38.6. The van der Waals surface area contributed by atoms with E-state index in [0.29, 0.717) is 53.4 Å². The molecule has 0 aliphatic heterocycles. The molecule has 4 saturated carbocycles. The summed E-state index contributed by atoms with van der Waals surface area (Å²) in [4.78, 5) is 25.0. The van der Waals surface area contributed by atoms with Crippen LogP contribution in [0.5, 0.6) is 0 Å². The average Bonchev–Trinajstić information content (AvgIpc) is 3.40. The minimum Gasteiger partial charge on any atom is -0.467 e. The van der Waals surface area contributed by atoms with Crippen molar-refractivity contribution in [3.63, 3.8) is 0 Å². The number of unbranched alkanes of at least 4 members (excludes halogenated alkanes) is 7. The monoisotopic (exact) mass is 660 g/mol. The van der Waals surface area contributed by atoms with Crippen LogP contribution in [-0.2, 0) is 14.3 Å². The van der Waals surface area contributed by atoms with Gasteiger partial charge in [0, 0.05) is 12.5 Å². The molecule has 7 heteroatoms. The van der Waals surface area contributed by atoms with Crippen molar-refractivity contribution in [3.8, 4) is 0 Å². The molecule has 4 fully saturated rings. The van der Waals surface area contributed by atoms with Crippen LogP contribution in [0.4, 0.5) is 0 Å². The maximum atomic E-state index is 12.9. The molecule has 5 N–H and O–H groups in total. The summed E-state index contributed by atoms with van der Waals surface area (Å²) >= 11 is 0. The molecule has 272 valence electrons. The number of nitrogens with two attached hydrogens (primary N) is 1. The summed E-state index contributed by atoms with van der Waals surface area (Å²) < 4.78 is 4.91. The molecule has 4 aliphatic carbocycles. The fraction of sp³-hybridized carbons (Fsp3) is 0.950. The standard InChI is InChI=1S/C40H73N3O4/c1-27(2)37(38(46)47-6)43-35(45)18-15-28(3)31-16-17-32-36-33(20-22-40(31,32)5)39(4)21-19-30(25-29(39)26-34(36)44)42-24-14-12-10-8-7-9-11-13-23-41/h27-34,36-37,42,44H,7-26,41H2,1-6H3,(H,43,45)/t28-,29+,30+,31-,32+,33+,34-,36+,37+,39+,40-/m1/s1. The van der Waals surface area contributed by atoms with Gasteiger partial charge in [-0.15, -0.1) is 0 Å². The zero-order valence-corrected chi connectivity index (χ0v) is 31.2. The van der Waals surface area contributed by atoms with Crippen LogP contribution in [0.25, 0.3) is 0 Å². The molecule has 1 amide bonds. The quantitative estimate of drug-likeness (QED) is 0.0902. The highest BCUT2D eigenvalue weighted by Gasteiger charge is 2.62. The summed E-state index contributed by atoms with van der Waals surface area (Å²) in [6.45, 7) is 13.3. The number of rotatable bonds is 18. The van der Waals surface area contributed by atoms with Gasteiger partial charge < -0.3 is 26.2 Å². The average molecular weight is 660 g/mol. The Morgan fingerprint density at radius 3 is 2.17 bits per heavy atom. The second kappa shape index (κ2) is 17.7. The Morgan fingerprint density at radius 2 is 1.51 bits per heavy atom. The summed E-state index contributed by atoms with van der Waals surface area (Å²) in [6.07, 6.45) is 21.3.